The maximum atomic E-state index is 13.8. The number of carbonyl (C=O) groups excluding carboxylic acids is 3. The van der Waals surface area contributed by atoms with Crippen molar-refractivity contribution in [1.29, 1.82) is 0 Å². The Morgan fingerprint density at radius 1 is 0.830 bits per heavy atom. The molecule has 47 heavy (non-hydrogen) atoms. The largest absolute Gasteiger partial charge is 0.389 e. The van der Waals surface area contributed by atoms with E-state index < -0.39 is 73.8 Å². The third-order valence-corrected chi connectivity index (χ3v) is 8.38. The number of hydrogen-bond acceptors (Lipinski definition) is 6. The van der Waals surface area contributed by atoms with Gasteiger partial charge in [-0.05, 0) is 26.0 Å². The van der Waals surface area contributed by atoms with E-state index in [1.807, 2.05) is 11.9 Å². The summed E-state index contributed by atoms with van der Waals surface area (Å²) in [7, 11) is 3.36. The highest BCUT2D eigenvalue weighted by Crippen LogP contribution is 2.33. The predicted molar refractivity (Wildman–Crippen MR) is 164 cm³/mol. The fourth-order valence-corrected chi connectivity index (χ4v) is 5.68. The molecule has 0 saturated carbocycles. The highest BCUT2D eigenvalue weighted by molar-refractivity contribution is 6.20. The molecule has 2 aliphatic rings. The molecule has 0 aromatic heterocycles. The van der Waals surface area contributed by atoms with Crippen molar-refractivity contribution in [2.45, 2.75) is 44.2 Å². The molecule has 2 aromatic rings. The molecular weight excluding hydrogens is 630 g/mol. The number of nitrogens with one attached hydrogen (secondary N) is 2. The van der Waals surface area contributed by atoms with Crippen molar-refractivity contribution in [1.82, 2.24) is 20.4 Å². The topological polar surface area (TPSA) is 97.3 Å². The lowest BCUT2D eigenvalue weighted by Crippen LogP contribution is -2.52. The van der Waals surface area contributed by atoms with E-state index in [2.05, 4.69) is 20.5 Å². The van der Waals surface area contributed by atoms with Gasteiger partial charge in [0.1, 0.15) is 0 Å². The van der Waals surface area contributed by atoms with E-state index in [4.69, 9.17) is 0 Å². The molecule has 0 radical (unpaired) electrons. The highest BCUT2D eigenvalue weighted by Gasteiger charge is 2.42. The fraction of sp³-hybridized carbons (Fsp3) is 0.500. The van der Waals surface area contributed by atoms with Gasteiger partial charge in [0, 0.05) is 69.0 Å². The van der Waals surface area contributed by atoms with Crippen molar-refractivity contribution < 1.29 is 40.7 Å². The minimum Gasteiger partial charge on any atom is -0.343 e. The van der Waals surface area contributed by atoms with Crippen molar-refractivity contribution in [3.05, 3.63) is 65.7 Å². The van der Waals surface area contributed by atoms with Gasteiger partial charge in [-0.15, -0.1) is 0 Å². The lowest BCUT2D eigenvalue weighted by atomic mass is 9.83. The van der Waals surface area contributed by atoms with Crippen LogP contribution in [-0.2, 0) is 14.4 Å². The Morgan fingerprint density at radius 3 is 1.98 bits per heavy atom. The van der Waals surface area contributed by atoms with Crippen LogP contribution in [0.2, 0.25) is 0 Å². The van der Waals surface area contributed by atoms with E-state index in [9.17, 15) is 40.7 Å². The number of benzodiazepines with no additional fused rings is 1. The van der Waals surface area contributed by atoms with Crippen LogP contribution in [0.5, 0.6) is 0 Å². The Labute approximate surface area is 269 Å². The maximum absolute atomic E-state index is 13.8. The standard InChI is InChI=1S/C32H38F6N6O3/c1-42-16-18-44(19-17-42)20-39-28(45)22(12-14-31(33,34)35)23(13-15-32(36,37)38)29(46)41-27-30(47)43(2)25-11-7-6-10-24(25)26(40-27)21-8-4-3-5-9-21/h3-11,22-23,27H,12-20H2,1-2H3,(H,39,45)(H,41,46). The lowest BCUT2D eigenvalue weighted by Gasteiger charge is -2.33. The molecule has 4 rings (SSSR count). The molecule has 256 valence electrons. The molecule has 9 nitrogen and oxygen atoms in total. The molecule has 0 aliphatic carbocycles. The number of likely N-dealkylation sites (N-methyl/N-ethyl adjacent to an activating group) is 2. The lowest BCUT2D eigenvalue weighted by molar-refractivity contribution is -0.153. The van der Waals surface area contributed by atoms with Crippen LogP contribution in [-0.4, -0.2) is 98.7 Å². The summed E-state index contributed by atoms with van der Waals surface area (Å²) in [5.41, 5.74) is 1.90. The third-order valence-electron chi connectivity index (χ3n) is 8.38. The molecule has 2 aliphatic heterocycles. The molecular formula is C32H38F6N6O3. The molecule has 2 N–H and O–H groups in total. The summed E-state index contributed by atoms with van der Waals surface area (Å²) in [5, 5.41) is 4.93. The van der Waals surface area contributed by atoms with Crippen LogP contribution in [0.25, 0.3) is 0 Å². The average Bonchev–Trinajstić information content (AvgIpc) is 3.12. The minimum absolute atomic E-state index is 0.0440. The summed E-state index contributed by atoms with van der Waals surface area (Å²) in [6.07, 6.45) is -16.0. The van der Waals surface area contributed by atoms with Gasteiger partial charge in [-0.1, -0.05) is 48.5 Å². The van der Waals surface area contributed by atoms with Gasteiger partial charge in [-0.2, -0.15) is 26.3 Å². The Balaban J connectivity index is 1.66. The van der Waals surface area contributed by atoms with Crippen LogP contribution >= 0.6 is 0 Å². The number of carbonyl (C=O) groups is 3. The summed E-state index contributed by atoms with van der Waals surface area (Å²) >= 11 is 0. The van der Waals surface area contributed by atoms with Crippen LogP contribution in [0.1, 0.15) is 36.8 Å². The highest BCUT2D eigenvalue weighted by atomic mass is 19.4. The van der Waals surface area contributed by atoms with Crippen molar-refractivity contribution >= 4 is 29.1 Å². The Hall–Kier alpha value is -3.98. The van der Waals surface area contributed by atoms with Crippen LogP contribution in [0.15, 0.2) is 59.6 Å². The van der Waals surface area contributed by atoms with Gasteiger partial charge in [0.05, 0.1) is 18.1 Å². The van der Waals surface area contributed by atoms with E-state index in [-0.39, 0.29) is 6.67 Å². The molecule has 1 saturated heterocycles. The Bertz CT molecular complexity index is 1430. The van der Waals surface area contributed by atoms with Crippen molar-refractivity contribution in [2.75, 3.05) is 51.8 Å². The SMILES string of the molecule is CN1CCN(CNC(=O)C(CCC(F)(F)F)C(CCC(F)(F)F)C(=O)NC2N=C(c3ccccc3)c3ccccc3N(C)C2=O)CC1. The number of para-hydroxylation sites is 1. The van der Waals surface area contributed by atoms with E-state index >= 15 is 0 Å². The van der Waals surface area contributed by atoms with Crippen molar-refractivity contribution in [2.24, 2.45) is 16.8 Å². The van der Waals surface area contributed by atoms with Gasteiger partial charge in [-0.3, -0.25) is 19.3 Å². The van der Waals surface area contributed by atoms with Gasteiger partial charge in [-0.25, -0.2) is 4.99 Å². The molecule has 1 fully saturated rings. The second-order valence-electron chi connectivity index (χ2n) is 11.8. The molecule has 3 unspecified atom stereocenters. The number of aliphatic imine (C=N–C) groups is 1. The summed E-state index contributed by atoms with van der Waals surface area (Å²) in [5.74, 6) is -6.48. The molecule has 0 spiro atoms. The molecule has 2 heterocycles. The zero-order valence-corrected chi connectivity index (χ0v) is 26.1. The first kappa shape index (κ1) is 35.9. The number of amides is 3. The van der Waals surface area contributed by atoms with Gasteiger partial charge in [0.2, 0.25) is 18.0 Å². The van der Waals surface area contributed by atoms with E-state index in [0.717, 1.165) is 0 Å². The molecule has 15 heteroatoms. The molecule has 3 amide bonds. The first-order valence-corrected chi connectivity index (χ1v) is 15.3. The first-order valence-electron chi connectivity index (χ1n) is 15.3. The number of hydrogen-bond donors (Lipinski definition) is 2. The number of piperazine rings is 1. The smallest absolute Gasteiger partial charge is 0.343 e. The molecule has 2 aromatic carbocycles. The number of nitrogens with zero attached hydrogens (tertiary/aromatic N) is 4. The summed E-state index contributed by atoms with van der Waals surface area (Å²) in [6.45, 7) is 2.44. The third kappa shape index (κ3) is 10.0. The van der Waals surface area contributed by atoms with Crippen LogP contribution in [0.4, 0.5) is 32.0 Å². The van der Waals surface area contributed by atoms with Gasteiger partial charge >= 0.3 is 12.4 Å². The van der Waals surface area contributed by atoms with Crippen LogP contribution < -0.4 is 15.5 Å². The van der Waals surface area contributed by atoms with Crippen LogP contribution in [0.3, 0.4) is 0 Å². The normalized spacial score (nSPS) is 19.3. The van der Waals surface area contributed by atoms with Crippen molar-refractivity contribution in [3.63, 3.8) is 0 Å². The zero-order chi connectivity index (χ0) is 34.4. The predicted octanol–water partition coefficient (Wildman–Crippen LogP) is 4.18. The molecule has 0 bridgehead atoms. The number of rotatable bonds is 11. The number of fused-ring (bicyclic) bond motifs is 1. The maximum Gasteiger partial charge on any atom is 0.389 e. The van der Waals surface area contributed by atoms with Crippen molar-refractivity contribution in [3.8, 4) is 0 Å². The van der Waals surface area contributed by atoms with Crippen LogP contribution in [0, 0.1) is 11.8 Å². The number of alkyl halides is 6. The van der Waals surface area contributed by atoms with Gasteiger partial charge in [0.15, 0.2) is 0 Å². The van der Waals surface area contributed by atoms with Gasteiger partial charge < -0.3 is 20.4 Å². The molecule has 3 atom stereocenters. The average molecular weight is 669 g/mol. The minimum atomic E-state index is -4.76. The second kappa shape index (κ2) is 15.3. The summed E-state index contributed by atoms with van der Waals surface area (Å²) in [6, 6.07) is 15.5. The zero-order valence-electron chi connectivity index (χ0n) is 26.1. The summed E-state index contributed by atoms with van der Waals surface area (Å²) in [4.78, 5) is 50.5. The van der Waals surface area contributed by atoms with E-state index in [0.29, 0.717) is 48.7 Å². The Kier molecular flexibility index (Phi) is 11.7. The first-order chi connectivity index (χ1) is 22.1. The number of halogens is 6. The second-order valence-corrected chi connectivity index (χ2v) is 11.8. The fourth-order valence-electron chi connectivity index (χ4n) is 5.68. The van der Waals surface area contributed by atoms with Gasteiger partial charge in [0.25, 0.3) is 5.91 Å². The number of anilines is 1. The van der Waals surface area contributed by atoms with E-state index in [1.54, 1.807) is 54.6 Å². The number of benzene rings is 2. The Morgan fingerprint density at radius 2 is 1.38 bits per heavy atom. The monoisotopic (exact) mass is 668 g/mol. The summed E-state index contributed by atoms with van der Waals surface area (Å²) < 4.78 is 80.5. The van der Waals surface area contributed by atoms with E-state index in [1.165, 1.54) is 11.9 Å². The quantitative estimate of drug-likeness (QED) is 0.351.